The summed E-state index contributed by atoms with van der Waals surface area (Å²) in [6, 6.07) is 25.6. The molecule has 0 bridgehead atoms. The summed E-state index contributed by atoms with van der Waals surface area (Å²) in [6.45, 7) is 1.74. The molecule has 1 atom stereocenters. The summed E-state index contributed by atoms with van der Waals surface area (Å²) in [5, 5.41) is 3.19. The van der Waals surface area contributed by atoms with Crippen molar-refractivity contribution in [3.8, 4) is 0 Å². The Kier molecular flexibility index (Phi) is 9.98. The van der Waals surface area contributed by atoms with Gasteiger partial charge >= 0.3 is 0 Å². The number of hydrogen-bond acceptors (Lipinski definition) is 4. The van der Waals surface area contributed by atoms with Crippen molar-refractivity contribution in [2.45, 2.75) is 64.1 Å². The van der Waals surface area contributed by atoms with Gasteiger partial charge in [-0.2, -0.15) is 0 Å². The number of benzene rings is 3. The van der Waals surface area contributed by atoms with Gasteiger partial charge in [-0.3, -0.25) is 13.9 Å². The van der Waals surface area contributed by atoms with Crippen LogP contribution in [-0.2, 0) is 39.0 Å². The van der Waals surface area contributed by atoms with Crippen molar-refractivity contribution in [3.05, 3.63) is 102 Å². The molecule has 1 saturated carbocycles. The van der Waals surface area contributed by atoms with E-state index in [1.807, 2.05) is 79.7 Å². The molecule has 4 rings (SSSR count). The number of nitrogens with one attached hydrogen (secondary N) is 1. The number of sulfonamides is 1. The summed E-state index contributed by atoms with van der Waals surface area (Å²) in [6.07, 6.45) is 6.04. The molecule has 1 unspecified atom stereocenters. The zero-order valence-corrected chi connectivity index (χ0v) is 24.1. The lowest BCUT2D eigenvalue weighted by atomic mass is 10.0. The summed E-state index contributed by atoms with van der Waals surface area (Å²) in [5.41, 5.74) is 3.10. The van der Waals surface area contributed by atoms with Gasteiger partial charge in [-0.1, -0.05) is 98.6 Å². The molecular formula is C32H39N3O4S. The lowest BCUT2D eigenvalue weighted by molar-refractivity contribution is -0.140. The molecule has 8 heteroatoms. The fourth-order valence-corrected chi connectivity index (χ4v) is 6.23. The first kappa shape index (κ1) is 29.3. The Balaban J connectivity index is 1.72. The third kappa shape index (κ3) is 7.72. The van der Waals surface area contributed by atoms with Crippen LogP contribution < -0.4 is 9.62 Å². The van der Waals surface area contributed by atoms with E-state index in [0.29, 0.717) is 18.5 Å². The van der Waals surface area contributed by atoms with Crippen molar-refractivity contribution in [2.75, 3.05) is 17.1 Å². The molecule has 7 nitrogen and oxygen atoms in total. The highest BCUT2D eigenvalue weighted by molar-refractivity contribution is 7.92. The average molecular weight is 562 g/mol. The Morgan fingerprint density at radius 2 is 1.45 bits per heavy atom. The van der Waals surface area contributed by atoms with Gasteiger partial charge in [-0.05, 0) is 42.0 Å². The fourth-order valence-electron chi connectivity index (χ4n) is 5.35. The third-order valence-corrected chi connectivity index (χ3v) is 8.62. The second kappa shape index (κ2) is 13.6. The predicted molar refractivity (Wildman–Crippen MR) is 159 cm³/mol. The molecule has 0 heterocycles. The molecule has 0 spiro atoms. The number of aryl methyl sites for hydroxylation is 1. The van der Waals surface area contributed by atoms with E-state index < -0.39 is 28.5 Å². The zero-order chi connectivity index (χ0) is 28.5. The Morgan fingerprint density at radius 1 is 0.875 bits per heavy atom. The quantitative estimate of drug-likeness (QED) is 0.347. The lowest BCUT2D eigenvalue weighted by Gasteiger charge is -2.34. The van der Waals surface area contributed by atoms with Crippen molar-refractivity contribution in [1.82, 2.24) is 10.2 Å². The van der Waals surface area contributed by atoms with Crippen LogP contribution in [0, 0.1) is 0 Å². The highest BCUT2D eigenvalue weighted by Gasteiger charge is 2.34. The fraction of sp³-hybridized carbons (Fsp3) is 0.375. The van der Waals surface area contributed by atoms with Gasteiger partial charge in [0.15, 0.2) is 0 Å². The van der Waals surface area contributed by atoms with Gasteiger partial charge < -0.3 is 10.2 Å². The van der Waals surface area contributed by atoms with Crippen LogP contribution in [0.25, 0.3) is 0 Å². The van der Waals surface area contributed by atoms with Crippen LogP contribution in [0.5, 0.6) is 0 Å². The van der Waals surface area contributed by atoms with E-state index in [2.05, 4.69) is 5.32 Å². The Labute approximate surface area is 238 Å². The highest BCUT2D eigenvalue weighted by Crippen LogP contribution is 2.25. The second-order valence-electron chi connectivity index (χ2n) is 10.5. The van der Waals surface area contributed by atoms with E-state index >= 15 is 0 Å². The molecule has 212 valence electrons. The minimum Gasteiger partial charge on any atom is -0.352 e. The average Bonchev–Trinajstić information content (AvgIpc) is 3.47. The first-order valence-electron chi connectivity index (χ1n) is 14.0. The molecule has 0 radical (unpaired) electrons. The number of hydrogen-bond donors (Lipinski definition) is 1. The molecule has 1 aliphatic carbocycles. The molecule has 1 aliphatic rings. The maximum Gasteiger partial charge on any atom is 0.244 e. The first-order chi connectivity index (χ1) is 19.3. The molecule has 0 aliphatic heterocycles. The van der Waals surface area contributed by atoms with Crippen LogP contribution in [0.3, 0.4) is 0 Å². The molecular weight excluding hydrogens is 522 g/mol. The van der Waals surface area contributed by atoms with Crippen LogP contribution in [0.15, 0.2) is 84.9 Å². The van der Waals surface area contributed by atoms with Gasteiger partial charge in [0.1, 0.15) is 12.6 Å². The lowest BCUT2D eigenvalue weighted by Crippen LogP contribution is -2.54. The van der Waals surface area contributed by atoms with Gasteiger partial charge in [-0.25, -0.2) is 8.42 Å². The maximum absolute atomic E-state index is 14.2. The topological polar surface area (TPSA) is 86.8 Å². The van der Waals surface area contributed by atoms with E-state index in [-0.39, 0.29) is 18.5 Å². The second-order valence-corrected chi connectivity index (χ2v) is 12.4. The normalized spacial score (nSPS) is 14.4. The van der Waals surface area contributed by atoms with Crippen LogP contribution in [-0.4, -0.2) is 50.0 Å². The summed E-state index contributed by atoms with van der Waals surface area (Å²) in [7, 11) is -3.79. The van der Waals surface area contributed by atoms with Crippen molar-refractivity contribution >= 4 is 27.5 Å². The van der Waals surface area contributed by atoms with Crippen molar-refractivity contribution in [2.24, 2.45) is 0 Å². The van der Waals surface area contributed by atoms with Crippen molar-refractivity contribution in [3.63, 3.8) is 0 Å². The SMILES string of the molecule is CCc1ccccc1N(CC(=O)N(Cc1ccccc1)C(Cc1ccccc1)C(=O)NC1CCCC1)S(C)(=O)=O. The minimum atomic E-state index is -3.79. The monoisotopic (exact) mass is 561 g/mol. The minimum absolute atomic E-state index is 0.0865. The van der Waals surface area contributed by atoms with E-state index in [4.69, 9.17) is 0 Å². The van der Waals surface area contributed by atoms with E-state index in [1.165, 1.54) is 4.31 Å². The molecule has 0 aromatic heterocycles. The highest BCUT2D eigenvalue weighted by atomic mass is 32.2. The smallest absolute Gasteiger partial charge is 0.244 e. The van der Waals surface area contributed by atoms with Gasteiger partial charge in [0, 0.05) is 19.0 Å². The molecule has 40 heavy (non-hydrogen) atoms. The van der Waals surface area contributed by atoms with E-state index in [9.17, 15) is 18.0 Å². The number of anilines is 1. The van der Waals surface area contributed by atoms with Crippen LogP contribution in [0.2, 0.25) is 0 Å². The predicted octanol–water partition coefficient (Wildman–Crippen LogP) is 4.71. The number of amides is 2. The number of rotatable bonds is 12. The summed E-state index contributed by atoms with van der Waals surface area (Å²) in [4.78, 5) is 29.6. The zero-order valence-electron chi connectivity index (χ0n) is 23.3. The largest absolute Gasteiger partial charge is 0.352 e. The van der Waals surface area contributed by atoms with E-state index in [1.54, 1.807) is 17.0 Å². The van der Waals surface area contributed by atoms with Gasteiger partial charge in [-0.15, -0.1) is 0 Å². The summed E-state index contributed by atoms with van der Waals surface area (Å²) in [5.74, 6) is -0.636. The standard InChI is InChI=1S/C32H39N3O4S/c1-3-27-18-10-13-21-29(27)35(40(2,38)39)24-31(36)34(23-26-16-8-5-9-17-26)30(22-25-14-6-4-7-15-25)32(37)33-28-19-11-12-20-28/h4-10,13-18,21,28,30H,3,11-12,19-20,22-24H2,1-2H3,(H,33,37). The van der Waals surface area contributed by atoms with Crippen LogP contribution >= 0.6 is 0 Å². The van der Waals surface area contributed by atoms with Gasteiger partial charge in [0.2, 0.25) is 21.8 Å². The van der Waals surface area contributed by atoms with Gasteiger partial charge in [0.05, 0.1) is 11.9 Å². The molecule has 1 N–H and O–H groups in total. The molecule has 2 amide bonds. The number of carbonyl (C=O) groups is 2. The number of carbonyl (C=O) groups excluding carboxylic acids is 2. The van der Waals surface area contributed by atoms with Crippen molar-refractivity contribution < 1.29 is 18.0 Å². The van der Waals surface area contributed by atoms with E-state index in [0.717, 1.165) is 48.6 Å². The van der Waals surface area contributed by atoms with Gasteiger partial charge in [0.25, 0.3) is 0 Å². The first-order valence-corrected chi connectivity index (χ1v) is 15.8. The maximum atomic E-state index is 14.2. The van der Waals surface area contributed by atoms with Crippen LogP contribution in [0.4, 0.5) is 5.69 Å². The molecule has 1 fully saturated rings. The summed E-state index contributed by atoms with van der Waals surface area (Å²) >= 11 is 0. The Morgan fingerprint density at radius 3 is 2.05 bits per heavy atom. The molecule has 3 aromatic rings. The Hall–Kier alpha value is -3.65. The van der Waals surface area contributed by atoms with Crippen molar-refractivity contribution in [1.29, 1.82) is 0 Å². The number of para-hydroxylation sites is 1. The third-order valence-electron chi connectivity index (χ3n) is 7.49. The van der Waals surface area contributed by atoms with Crippen LogP contribution in [0.1, 0.15) is 49.3 Å². The number of nitrogens with zero attached hydrogens (tertiary/aromatic N) is 2. The summed E-state index contributed by atoms with van der Waals surface area (Å²) < 4.78 is 27.2. The molecule has 3 aromatic carbocycles. The molecule has 0 saturated heterocycles. The Bertz CT molecular complexity index is 1370.